The highest BCUT2D eigenvalue weighted by Crippen LogP contribution is 2.18. The number of nitrogens with one attached hydrogen (secondary N) is 3. The van der Waals surface area contributed by atoms with E-state index in [9.17, 15) is 19.2 Å². The van der Waals surface area contributed by atoms with Gasteiger partial charge in [0, 0.05) is 5.69 Å². The summed E-state index contributed by atoms with van der Waals surface area (Å²) < 4.78 is 4.62. The summed E-state index contributed by atoms with van der Waals surface area (Å²) in [5, 5.41) is 8.91. The molecule has 9 heteroatoms. The molecule has 0 unspecified atom stereocenters. The summed E-state index contributed by atoms with van der Waals surface area (Å²) in [5.41, 5.74) is 5.10. The van der Waals surface area contributed by atoms with Crippen molar-refractivity contribution in [2.45, 2.75) is 6.92 Å². The number of hydrogen-bond donors (Lipinski definition) is 3. The van der Waals surface area contributed by atoms with E-state index in [4.69, 9.17) is 0 Å². The molecular weight excluding hydrogens is 436 g/mol. The zero-order valence-electron chi connectivity index (χ0n) is 18.5. The minimum absolute atomic E-state index is 0.176. The zero-order valence-corrected chi connectivity index (χ0v) is 18.5. The Kier molecular flexibility index (Phi) is 7.85. The first-order valence-electron chi connectivity index (χ1n) is 10.2. The third-order valence-electron chi connectivity index (χ3n) is 4.65. The first kappa shape index (κ1) is 23.9. The second-order valence-electron chi connectivity index (χ2n) is 7.13. The molecule has 0 aromatic heterocycles. The van der Waals surface area contributed by atoms with Gasteiger partial charge in [0.05, 0.1) is 30.1 Å². The van der Waals surface area contributed by atoms with Crippen molar-refractivity contribution in [2.75, 3.05) is 17.7 Å². The lowest BCUT2D eigenvalue weighted by Crippen LogP contribution is -2.33. The van der Waals surface area contributed by atoms with E-state index < -0.39 is 23.7 Å². The first-order valence-corrected chi connectivity index (χ1v) is 10.2. The average Bonchev–Trinajstić information content (AvgIpc) is 2.85. The summed E-state index contributed by atoms with van der Waals surface area (Å²) in [6.07, 6.45) is 1.31. The third-order valence-corrected chi connectivity index (χ3v) is 4.65. The maximum atomic E-state index is 12.7. The molecule has 0 spiro atoms. The van der Waals surface area contributed by atoms with Crippen LogP contribution in [0.15, 0.2) is 77.9 Å². The normalized spacial score (nSPS) is 10.4. The number of methoxy groups -OCH3 is 1. The molecular formula is C25H22N4O5. The van der Waals surface area contributed by atoms with Crippen LogP contribution in [0.3, 0.4) is 0 Å². The Hall–Kier alpha value is -4.79. The lowest BCUT2D eigenvalue weighted by molar-refractivity contribution is -0.136. The van der Waals surface area contributed by atoms with Gasteiger partial charge in [-0.2, -0.15) is 5.10 Å². The van der Waals surface area contributed by atoms with E-state index in [1.807, 2.05) is 19.1 Å². The standard InChI is InChI=1S/C25H22N4O5/c1-16-7-13-19(14-8-16)27-22(30)20-5-3-4-6-21(20)28-23(31)24(32)29-26-15-17-9-11-18(12-10-17)25(33)34-2/h3-15H,1-2H3,(H,27,30)(H,28,31)(H,29,32)/b26-15+. The van der Waals surface area contributed by atoms with Crippen molar-refractivity contribution in [3.05, 3.63) is 95.1 Å². The maximum Gasteiger partial charge on any atom is 0.337 e. The van der Waals surface area contributed by atoms with E-state index in [0.29, 0.717) is 16.8 Å². The van der Waals surface area contributed by atoms with Gasteiger partial charge in [-0.1, -0.05) is 42.0 Å². The number of hydrazone groups is 1. The molecule has 0 atom stereocenters. The number of rotatable bonds is 6. The number of carbonyl (C=O) groups is 4. The van der Waals surface area contributed by atoms with Gasteiger partial charge in [0.1, 0.15) is 0 Å². The van der Waals surface area contributed by atoms with E-state index in [-0.39, 0.29) is 11.3 Å². The number of amides is 3. The molecule has 0 radical (unpaired) electrons. The van der Waals surface area contributed by atoms with E-state index >= 15 is 0 Å². The van der Waals surface area contributed by atoms with E-state index in [0.717, 1.165) is 5.56 Å². The summed E-state index contributed by atoms with van der Waals surface area (Å²) in [6.45, 7) is 1.94. The van der Waals surface area contributed by atoms with Crippen LogP contribution in [-0.2, 0) is 14.3 Å². The topological polar surface area (TPSA) is 126 Å². The van der Waals surface area contributed by atoms with Crippen molar-refractivity contribution in [1.82, 2.24) is 5.43 Å². The molecule has 3 amide bonds. The number of benzene rings is 3. The minimum Gasteiger partial charge on any atom is -0.465 e. The lowest BCUT2D eigenvalue weighted by Gasteiger charge is -2.11. The van der Waals surface area contributed by atoms with Gasteiger partial charge in [-0.25, -0.2) is 10.2 Å². The van der Waals surface area contributed by atoms with Gasteiger partial charge in [0.2, 0.25) is 0 Å². The summed E-state index contributed by atoms with van der Waals surface area (Å²) in [5.74, 6) is -2.92. The van der Waals surface area contributed by atoms with Crippen LogP contribution in [0.2, 0.25) is 0 Å². The Morgan fingerprint density at radius 3 is 2.18 bits per heavy atom. The number of para-hydroxylation sites is 1. The van der Waals surface area contributed by atoms with E-state index in [2.05, 4.69) is 25.9 Å². The van der Waals surface area contributed by atoms with Gasteiger partial charge in [0.25, 0.3) is 5.91 Å². The van der Waals surface area contributed by atoms with Crippen molar-refractivity contribution >= 4 is 41.3 Å². The summed E-state index contributed by atoms with van der Waals surface area (Å²) in [4.78, 5) is 48.5. The van der Waals surface area contributed by atoms with Crippen molar-refractivity contribution in [3.63, 3.8) is 0 Å². The molecule has 3 aromatic rings. The molecule has 0 saturated carbocycles. The zero-order chi connectivity index (χ0) is 24.5. The van der Waals surface area contributed by atoms with Crippen LogP contribution >= 0.6 is 0 Å². The molecule has 9 nitrogen and oxygen atoms in total. The molecule has 3 N–H and O–H groups in total. The molecule has 0 fully saturated rings. The van der Waals surface area contributed by atoms with Gasteiger partial charge in [-0.15, -0.1) is 0 Å². The molecule has 3 rings (SSSR count). The van der Waals surface area contributed by atoms with E-state index in [1.54, 1.807) is 48.5 Å². The van der Waals surface area contributed by atoms with Crippen LogP contribution in [0, 0.1) is 6.92 Å². The van der Waals surface area contributed by atoms with Crippen molar-refractivity contribution in [3.8, 4) is 0 Å². The number of anilines is 2. The number of hydrogen-bond acceptors (Lipinski definition) is 6. The molecule has 34 heavy (non-hydrogen) atoms. The highest BCUT2D eigenvalue weighted by molar-refractivity contribution is 6.40. The second kappa shape index (κ2) is 11.2. The number of esters is 1. The van der Waals surface area contributed by atoms with Crippen LogP contribution < -0.4 is 16.1 Å². The quantitative estimate of drug-likeness (QED) is 0.226. The maximum absolute atomic E-state index is 12.7. The highest BCUT2D eigenvalue weighted by atomic mass is 16.5. The largest absolute Gasteiger partial charge is 0.465 e. The van der Waals surface area contributed by atoms with Crippen LogP contribution in [0.25, 0.3) is 0 Å². The number of carbonyl (C=O) groups excluding carboxylic acids is 4. The summed E-state index contributed by atoms with van der Waals surface area (Å²) >= 11 is 0. The Labute approximate surface area is 195 Å². The predicted molar refractivity (Wildman–Crippen MR) is 128 cm³/mol. The first-order chi connectivity index (χ1) is 16.4. The van der Waals surface area contributed by atoms with Gasteiger partial charge >= 0.3 is 17.8 Å². The average molecular weight is 458 g/mol. The van der Waals surface area contributed by atoms with Gasteiger partial charge in [-0.05, 0) is 48.9 Å². The minimum atomic E-state index is -1.02. The Bertz CT molecular complexity index is 1230. The molecule has 172 valence electrons. The van der Waals surface area contributed by atoms with E-state index in [1.165, 1.54) is 25.5 Å². The highest BCUT2D eigenvalue weighted by Gasteiger charge is 2.17. The van der Waals surface area contributed by atoms with Crippen LogP contribution in [-0.4, -0.2) is 37.0 Å². The summed E-state index contributed by atoms with van der Waals surface area (Å²) in [7, 11) is 1.28. The van der Waals surface area contributed by atoms with Crippen LogP contribution in [0.4, 0.5) is 11.4 Å². The Balaban J connectivity index is 1.60. The predicted octanol–water partition coefficient (Wildman–Crippen LogP) is 3.12. The molecule has 0 saturated heterocycles. The van der Waals surface area contributed by atoms with Crippen molar-refractivity contribution in [1.29, 1.82) is 0 Å². The Morgan fingerprint density at radius 2 is 1.50 bits per heavy atom. The van der Waals surface area contributed by atoms with Gasteiger partial charge in [-0.3, -0.25) is 14.4 Å². The van der Waals surface area contributed by atoms with Crippen molar-refractivity contribution < 1.29 is 23.9 Å². The van der Waals surface area contributed by atoms with Crippen LogP contribution in [0.1, 0.15) is 31.8 Å². The fourth-order valence-electron chi connectivity index (χ4n) is 2.84. The number of nitrogens with zero attached hydrogens (tertiary/aromatic N) is 1. The fraction of sp³-hybridized carbons (Fsp3) is 0.0800. The molecule has 0 bridgehead atoms. The summed E-state index contributed by atoms with van der Waals surface area (Å²) in [6, 6.07) is 19.9. The fourth-order valence-corrected chi connectivity index (χ4v) is 2.84. The van der Waals surface area contributed by atoms with Crippen molar-refractivity contribution in [2.24, 2.45) is 5.10 Å². The molecule has 0 heterocycles. The SMILES string of the molecule is COC(=O)c1ccc(/C=N/NC(=O)C(=O)Nc2ccccc2C(=O)Nc2ccc(C)cc2)cc1. The molecule has 3 aromatic carbocycles. The molecule has 0 aliphatic carbocycles. The Morgan fingerprint density at radius 1 is 0.824 bits per heavy atom. The van der Waals surface area contributed by atoms with Crippen LogP contribution in [0.5, 0.6) is 0 Å². The molecule has 0 aliphatic rings. The molecule has 0 aliphatic heterocycles. The van der Waals surface area contributed by atoms with Gasteiger partial charge < -0.3 is 15.4 Å². The number of aryl methyl sites for hydroxylation is 1. The second-order valence-corrected chi connectivity index (χ2v) is 7.13. The smallest absolute Gasteiger partial charge is 0.337 e. The monoisotopic (exact) mass is 458 g/mol. The number of ether oxygens (including phenoxy) is 1. The lowest BCUT2D eigenvalue weighted by atomic mass is 10.1. The third kappa shape index (κ3) is 6.36. The van der Waals surface area contributed by atoms with Gasteiger partial charge in [0.15, 0.2) is 0 Å².